The highest BCUT2D eigenvalue weighted by Gasteiger charge is 2.19. The van der Waals surface area contributed by atoms with Crippen molar-refractivity contribution in [1.82, 2.24) is 9.78 Å². The van der Waals surface area contributed by atoms with Crippen molar-refractivity contribution in [2.75, 3.05) is 0 Å². The first kappa shape index (κ1) is 15.3. The maximum atomic E-state index is 12.7. The van der Waals surface area contributed by atoms with Crippen LogP contribution < -0.4 is 5.56 Å². The Bertz CT molecular complexity index is 857. The number of aromatic amines is 1. The number of aromatic nitrogens is 2. The molecule has 0 aliphatic heterocycles. The van der Waals surface area contributed by atoms with Crippen LogP contribution in [-0.4, -0.2) is 9.78 Å². The molecule has 1 N–H and O–H groups in total. The van der Waals surface area contributed by atoms with Crippen LogP contribution in [0.2, 0.25) is 0 Å². The van der Waals surface area contributed by atoms with Gasteiger partial charge in [-0.25, -0.2) is 0 Å². The van der Waals surface area contributed by atoms with Gasteiger partial charge < -0.3 is 0 Å². The Balaban J connectivity index is 2.30. The van der Waals surface area contributed by atoms with E-state index in [1.54, 1.807) is 0 Å². The van der Waals surface area contributed by atoms with Crippen molar-refractivity contribution >= 4 is 0 Å². The Morgan fingerprint density at radius 1 is 1.00 bits per heavy atom. The fourth-order valence-electron chi connectivity index (χ4n) is 2.97. The third-order valence-corrected chi connectivity index (χ3v) is 3.98. The van der Waals surface area contributed by atoms with Gasteiger partial charge >= 0.3 is 0 Å². The van der Waals surface area contributed by atoms with Gasteiger partial charge in [0, 0.05) is 12.1 Å². The molecule has 1 heterocycles. The van der Waals surface area contributed by atoms with Crippen molar-refractivity contribution in [3.8, 4) is 22.4 Å². The molecule has 0 saturated heterocycles. The highest BCUT2D eigenvalue weighted by atomic mass is 16.1. The van der Waals surface area contributed by atoms with Gasteiger partial charge in [-0.3, -0.25) is 14.6 Å². The first-order valence-electron chi connectivity index (χ1n) is 8.02. The molecule has 0 aliphatic rings. The minimum atomic E-state index is -0.0323. The van der Waals surface area contributed by atoms with Gasteiger partial charge in [-0.15, -0.1) is 0 Å². The molecule has 1 aromatic heterocycles. The molecule has 0 bridgehead atoms. The van der Waals surface area contributed by atoms with Crippen LogP contribution in [-0.2, 0) is 6.54 Å². The number of aryl methyl sites for hydroxylation is 1. The second-order valence-electron chi connectivity index (χ2n) is 6.35. The number of benzene rings is 2. The summed E-state index contributed by atoms with van der Waals surface area (Å²) in [6, 6.07) is 18.1. The van der Waals surface area contributed by atoms with Gasteiger partial charge in [0.1, 0.15) is 0 Å². The van der Waals surface area contributed by atoms with Crippen molar-refractivity contribution in [2.24, 2.45) is 5.92 Å². The number of rotatable bonds is 4. The topological polar surface area (TPSA) is 37.8 Å². The molecule has 0 radical (unpaired) electrons. The summed E-state index contributed by atoms with van der Waals surface area (Å²) in [5.74, 6) is 0.449. The zero-order chi connectivity index (χ0) is 16.4. The van der Waals surface area contributed by atoms with Crippen LogP contribution in [0.3, 0.4) is 0 Å². The highest BCUT2D eigenvalue weighted by molar-refractivity contribution is 5.82. The lowest BCUT2D eigenvalue weighted by atomic mass is 9.98. The van der Waals surface area contributed by atoms with E-state index < -0.39 is 0 Å². The Labute approximate surface area is 136 Å². The molecule has 118 valence electrons. The maximum Gasteiger partial charge on any atom is 0.272 e. The molecule has 0 aliphatic carbocycles. The molecule has 23 heavy (non-hydrogen) atoms. The average molecular weight is 306 g/mol. The van der Waals surface area contributed by atoms with Crippen LogP contribution in [0.15, 0.2) is 59.4 Å². The molecule has 3 nitrogen and oxygen atoms in total. The predicted octanol–water partition coefficient (Wildman–Crippen LogP) is 4.47. The van der Waals surface area contributed by atoms with E-state index in [1.807, 2.05) is 47.1 Å². The molecule has 0 spiro atoms. The van der Waals surface area contributed by atoms with Gasteiger partial charge in [-0.1, -0.05) is 68.4 Å². The van der Waals surface area contributed by atoms with Crippen LogP contribution in [0.25, 0.3) is 22.4 Å². The van der Waals surface area contributed by atoms with Crippen molar-refractivity contribution in [3.05, 3.63) is 70.5 Å². The van der Waals surface area contributed by atoms with E-state index in [9.17, 15) is 4.79 Å². The third kappa shape index (κ3) is 3.00. The number of hydrogen-bond acceptors (Lipinski definition) is 1. The second-order valence-corrected chi connectivity index (χ2v) is 6.35. The summed E-state index contributed by atoms with van der Waals surface area (Å²) in [5, 5.41) is 3.03. The van der Waals surface area contributed by atoms with Crippen LogP contribution in [0.1, 0.15) is 19.4 Å². The summed E-state index contributed by atoms with van der Waals surface area (Å²) in [4.78, 5) is 12.7. The fraction of sp³-hybridized carbons (Fsp3) is 0.250. The fourth-order valence-corrected chi connectivity index (χ4v) is 2.97. The monoisotopic (exact) mass is 306 g/mol. The van der Waals surface area contributed by atoms with Gasteiger partial charge in [-0.2, -0.15) is 0 Å². The van der Waals surface area contributed by atoms with E-state index >= 15 is 0 Å². The number of H-pyrrole nitrogens is 1. The van der Waals surface area contributed by atoms with Crippen molar-refractivity contribution in [3.63, 3.8) is 0 Å². The lowest BCUT2D eigenvalue weighted by molar-refractivity contribution is 0.485. The second kappa shape index (κ2) is 6.29. The van der Waals surface area contributed by atoms with Gasteiger partial charge in [0.15, 0.2) is 0 Å². The third-order valence-electron chi connectivity index (χ3n) is 3.98. The molecule has 3 heteroatoms. The first-order chi connectivity index (χ1) is 11.1. The normalized spacial score (nSPS) is 11.1. The minimum Gasteiger partial charge on any atom is -0.284 e. The Hall–Kier alpha value is -2.55. The lowest BCUT2D eigenvalue weighted by Crippen LogP contribution is -2.10. The van der Waals surface area contributed by atoms with Gasteiger partial charge in [0.25, 0.3) is 5.56 Å². The zero-order valence-corrected chi connectivity index (χ0v) is 13.8. The standard InChI is InChI=1S/C20H22N2O/c1-14(2)13-22-19(17-12-8-7-9-15(17)3)18(20(23)21-22)16-10-5-4-6-11-16/h4-12,14H,13H2,1-3H3,(H,21,23). The largest absolute Gasteiger partial charge is 0.284 e. The molecule has 3 rings (SSSR count). The molecule has 0 amide bonds. The van der Waals surface area contributed by atoms with Gasteiger partial charge in [-0.05, 0) is 24.0 Å². The van der Waals surface area contributed by atoms with Crippen LogP contribution in [0, 0.1) is 12.8 Å². The minimum absolute atomic E-state index is 0.0323. The van der Waals surface area contributed by atoms with Crippen LogP contribution >= 0.6 is 0 Å². The number of hydrogen-bond donors (Lipinski definition) is 1. The Morgan fingerprint density at radius 2 is 1.65 bits per heavy atom. The van der Waals surface area contributed by atoms with Crippen molar-refractivity contribution in [1.29, 1.82) is 0 Å². The summed E-state index contributed by atoms with van der Waals surface area (Å²) >= 11 is 0. The summed E-state index contributed by atoms with van der Waals surface area (Å²) in [7, 11) is 0. The van der Waals surface area contributed by atoms with Crippen LogP contribution in [0.5, 0.6) is 0 Å². The van der Waals surface area contributed by atoms with Gasteiger partial charge in [0.05, 0.1) is 11.3 Å². The molecule has 0 atom stereocenters. The quantitative estimate of drug-likeness (QED) is 0.758. The Morgan fingerprint density at radius 3 is 2.30 bits per heavy atom. The first-order valence-corrected chi connectivity index (χ1v) is 8.02. The summed E-state index contributed by atoms with van der Waals surface area (Å²) in [5.41, 5.74) is 4.92. The van der Waals surface area contributed by atoms with Gasteiger partial charge in [0.2, 0.25) is 0 Å². The maximum absolute atomic E-state index is 12.7. The van der Waals surface area contributed by atoms with E-state index in [0.717, 1.165) is 28.9 Å². The van der Waals surface area contributed by atoms with Crippen molar-refractivity contribution in [2.45, 2.75) is 27.3 Å². The van der Waals surface area contributed by atoms with E-state index in [0.29, 0.717) is 5.92 Å². The van der Waals surface area contributed by atoms with Crippen LogP contribution in [0.4, 0.5) is 0 Å². The van der Waals surface area contributed by atoms with Crippen molar-refractivity contribution < 1.29 is 0 Å². The smallest absolute Gasteiger partial charge is 0.272 e. The van der Waals surface area contributed by atoms with E-state index in [2.05, 4.69) is 38.0 Å². The summed E-state index contributed by atoms with van der Waals surface area (Å²) in [6.07, 6.45) is 0. The molecule has 2 aromatic carbocycles. The zero-order valence-electron chi connectivity index (χ0n) is 13.8. The average Bonchev–Trinajstić information content (AvgIpc) is 2.84. The predicted molar refractivity (Wildman–Crippen MR) is 95.5 cm³/mol. The lowest BCUT2D eigenvalue weighted by Gasteiger charge is -2.14. The van der Waals surface area contributed by atoms with E-state index in [1.165, 1.54) is 5.56 Å². The van der Waals surface area contributed by atoms with E-state index in [4.69, 9.17) is 0 Å². The molecular formula is C20H22N2O. The molecule has 0 fully saturated rings. The van der Waals surface area contributed by atoms with E-state index in [-0.39, 0.29) is 5.56 Å². The SMILES string of the molecule is Cc1ccccc1-c1c(-c2ccccc2)c(=O)[nH]n1CC(C)C. The number of nitrogens with zero attached hydrogens (tertiary/aromatic N) is 1. The molecule has 0 saturated carbocycles. The molecule has 0 unspecified atom stereocenters. The molecular weight excluding hydrogens is 284 g/mol. The highest BCUT2D eigenvalue weighted by Crippen LogP contribution is 2.31. The Kier molecular flexibility index (Phi) is 4.20. The summed E-state index contributed by atoms with van der Waals surface area (Å²) < 4.78 is 2.00. The number of nitrogens with one attached hydrogen (secondary N) is 1. The summed E-state index contributed by atoms with van der Waals surface area (Å²) in [6.45, 7) is 7.18. The molecule has 3 aromatic rings.